The van der Waals surface area contributed by atoms with Crippen LogP contribution in [0.15, 0.2) is 78.4 Å². The van der Waals surface area contributed by atoms with Crippen molar-refractivity contribution in [1.82, 2.24) is 9.80 Å². The molecule has 9 heteroatoms. The van der Waals surface area contributed by atoms with E-state index in [0.717, 1.165) is 18.7 Å². The van der Waals surface area contributed by atoms with Crippen LogP contribution in [-0.4, -0.2) is 73.1 Å². The molecule has 1 N–H and O–H groups in total. The Kier molecular flexibility index (Phi) is 8.69. The summed E-state index contributed by atoms with van der Waals surface area (Å²) in [5, 5.41) is 11.8. The molecule has 0 saturated carbocycles. The van der Waals surface area contributed by atoms with Crippen LogP contribution in [0.25, 0.3) is 5.76 Å². The summed E-state index contributed by atoms with van der Waals surface area (Å²) in [4.78, 5) is 30.5. The lowest BCUT2D eigenvalue weighted by atomic mass is 9.95. The van der Waals surface area contributed by atoms with E-state index in [-0.39, 0.29) is 11.3 Å². The third-order valence-corrected chi connectivity index (χ3v) is 7.41. The summed E-state index contributed by atoms with van der Waals surface area (Å²) in [5.74, 6) is -0.658. The Balaban J connectivity index is 1.50. The number of Topliss-reactive ketones (excluding diaryl/α,β-unsaturated/α-hetero) is 1. The van der Waals surface area contributed by atoms with Gasteiger partial charge in [-0.15, -0.1) is 0 Å². The van der Waals surface area contributed by atoms with Crippen molar-refractivity contribution in [3.63, 3.8) is 0 Å². The minimum Gasteiger partial charge on any atom is -0.507 e. The number of morpholine rings is 1. The zero-order chi connectivity index (χ0) is 28.1. The number of hydrogen-bond acceptors (Lipinski definition) is 7. The minimum atomic E-state index is -0.811. The van der Waals surface area contributed by atoms with Crippen LogP contribution in [0.5, 0.6) is 11.5 Å². The topological polar surface area (TPSA) is 88.5 Å². The van der Waals surface area contributed by atoms with Crippen molar-refractivity contribution in [2.45, 2.75) is 12.6 Å². The van der Waals surface area contributed by atoms with Crippen LogP contribution in [0.3, 0.4) is 0 Å². The molecular formula is C31H31ClN2O6. The number of likely N-dealkylation sites (tertiary alicyclic amines) is 1. The van der Waals surface area contributed by atoms with E-state index in [1.54, 1.807) is 42.5 Å². The molecule has 1 atom stereocenters. The fourth-order valence-electron chi connectivity index (χ4n) is 5.00. The van der Waals surface area contributed by atoms with Crippen molar-refractivity contribution < 1.29 is 28.9 Å². The Morgan fingerprint density at radius 1 is 0.975 bits per heavy atom. The Morgan fingerprint density at radius 2 is 1.70 bits per heavy atom. The van der Waals surface area contributed by atoms with Crippen LogP contribution in [-0.2, 0) is 20.9 Å². The number of hydrogen-bond donors (Lipinski definition) is 1. The van der Waals surface area contributed by atoms with Crippen molar-refractivity contribution in [1.29, 1.82) is 0 Å². The summed E-state index contributed by atoms with van der Waals surface area (Å²) in [7, 11) is 1.54. The fourth-order valence-corrected chi connectivity index (χ4v) is 5.13. The zero-order valence-electron chi connectivity index (χ0n) is 22.2. The first kappa shape index (κ1) is 27.7. The Labute approximate surface area is 238 Å². The van der Waals surface area contributed by atoms with Crippen LogP contribution < -0.4 is 9.47 Å². The third-order valence-electron chi connectivity index (χ3n) is 7.16. The number of carbonyl (C=O) groups is 2. The molecule has 2 fully saturated rings. The molecule has 2 heterocycles. The van der Waals surface area contributed by atoms with Gasteiger partial charge < -0.3 is 24.2 Å². The second-order valence-corrected chi connectivity index (χ2v) is 10.1. The highest BCUT2D eigenvalue weighted by Crippen LogP contribution is 2.42. The van der Waals surface area contributed by atoms with Gasteiger partial charge in [-0.1, -0.05) is 48.0 Å². The number of amides is 1. The van der Waals surface area contributed by atoms with Gasteiger partial charge >= 0.3 is 0 Å². The maximum absolute atomic E-state index is 13.4. The summed E-state index contributed by atoms with van der Waals surface area (Å²) in [6, 6.07) is 20.8. The highest BCUT2D eigenvalue weighted by atomic mass is 35.5. The number of ketones is 1. The van der Waals surface area contributed by atoms with Crippen LogP contribution >= 0.6 is 11.6 Å². The number of nitrogens with zero attached hydrogens (tertiary/aromatic N) is 2. The predicted octanol–water partition coefficient (Wildman–Crippen LogP) is 4.68. The van der Waals surface area contributed by atoms with Gasteiger partial charge in [-0.3, -0.25) is 14.5 Å². The molecule has 0 bridgehead atoms. The number of aliphatic hydroxyl groups is 1. The van der Waals surface area contributed by atoms with E-state index in [1.807, 2.05) is 30.3 Å². The van der Waals surface area contributed by atoms with Gasteiger partial charge in [0, 0.05) is 36.8 Å². The van der Waals surface area contributed by atoms with Gasteiger partial charge in [0.05, 0.1) is 31.9 Å². The van der Waals surface area contributed by atoms with Crippen LogP contribution in [0.2, 0.25) is 5.02 Å². The molecule has 0 spiro atoms. The first-order chi connectivity index (χ1) is 19.5. The first-order valence-electron chi connectivity index (χ1n) is 13.2. The number of ether oxygens (including phenoxy) is 3. The van der Waals surface area contributed by atoms with Crippen molar-refractivity contribution >= 4 is 29.1 Å². The molecule has 3 aromatic carbocycles. The molecule has 2 saturated heterocycles. The number of carbonyl (C=O) groups excluding carboxylic acids is 2. The lowest BCUT2D eigenvalue weighted by molar-refractivity contribution is -0.140. The number of methoxy groups -OCH3 is 1. The average Bonchev–Trinajstić information content (AvgIpc) is 3.25. The van der Waals surface area contributed by atoms with Gasteiger partial charge in [-0.05, 0) is 47.5 Å². The van der Waals surface area contributed by atoms with Gasteiger partial charge in [0.25, 0.3) is 11.7 Å². The summed E-state index contributed by atoms with van der Waals surface area (Å²) in [6.07, 6.45) is 0. The van der Waals surface area contributed by atoms with Crippen molar-refractivity contribution in [3.8, 4) is 11.5 Å². The summed E-state index contributed by atoms with van der Waals surface area (Å²) in [5.41, 5.74) is 2.05. The van der Waals surface area contributed by atoms with E-state index in [9.17, 15) is 14.7 Å². The molecule has 0 aromatic heterocycles. The van der Waals surface area contributed by atoms with E-state index in [1.165, 1.54) is 12.0 Å². The fraction of sp³-hybridized carbons (Fsp3) is 0.290. The van der Waals surface area contributed by atoms with Gasteiger partial charge in [0.2, 0.25) is 0 Å². The van der Waals surface area contributed by atoms with Crippen LogP contribution in [0.4, 0.5) is 0 Å². The summed E-state index contributed by atoms with van der Waals surface area (Å²) in [6.45, 7) is 3.98. The van der Waals surface area contributed by atoms with Crippen molar-refractivity contribution in [3.05, 3.63) is 100 Å². The molecular weight excluding hydrogens is 532 g/mol. The zero-order valence-corrected chi connectivity index (χ0v) is 23.0. The van der Waals surface area contributed by atoms with Gasteiger partial charge in [0.15, 0.2) is 11.5 Å². The highest BCUT2D eigenvalue weighted by Gasteiger charge is 2.46. The maximum atomic E-state index is 13.4. The molecule has 8 nitrogen and oxygen atoms in total. The smallest absolute Gasteiger partial charge is 0.295 e. The molecule has 208 valence electrons. The van der Waals surface area contributed by atoms with Crippen LogP contribution in [0.1, 0.15) is 22.7 Å². The normalized spacial score (nSPS) is 19.1. The molecule has 5 rings (SSSR count). The molecule has 3 aromatic rings. The SMILES string of the molecule is COc1cc(C2C(=C(O)c3ccc(Cl)cc3)C(=O)C(=O)N2CCN2CCOCC2)ccc1OCc1ccccc1. The molecule has 1 amide bonds. The quantitative estimate of drug-likeness (QED) is 0.230. The predicted molar refractivity (Wildman–Crippen MR) is 151 cm³/mol. The second kappa shape index (κ2) is 12.6. The molecule has 2 aliphatic rings. The second-order valence-electron chi connectivity index (χ2n) is 9.64. The average molecular weight is 563 g/mol. The highest BCUT2D eigenvalue weighted by molar-refractivity contribution is 6.46. The summed E-state index contributed by atoms with van der Waals surface area (Å²) < 4.78 is 17.1. The molecule has 0 aliphatic carbocycles. The van der Waals surface area contributed by atoms with E-state index in [4.69, 9.17) is 25.8 Å². The number of halogens is 1. The van der Waals surface area contributed by atoms with Gasteiger partial charge in [-0.2, -0.15) is 0 Å². The molecule has 0 radical (unpaired) electrons. The first-order valence-corrected chi connectivity index (χ1v) is 13.5. The largest absolute Gasteiger partial charge is 0.507 e. The molecule has 1 unspecified atom stereocenters. The Hall–Kier alpha value is -3.85. The lowest BCUT2D eigenvalue weighted by Gasteiger charge is -2.31. The third kappa shape index (κ3) is 5.99. The van der Waals surface area contributed by atoms with Gasteiger partial charge in [0.1, 0.15) is 12.4 Å². The van der Waals surface area contributed by atoms with Crippen LogP contribution in [0, 0.1) is 0 Å². The lowest BCUT2D eigenvalue weighted by Crippen LogP contribution is -2.42. The van der Waals surface area contributed by atoms with E-state index in [0.29, 0.717) is 60.6 Å². The molecule has 40 heavy (non-hydrogen) atoms. The Bertz CT molecular complexity index is 1390. The van der Waals surface area contributed by atoms with Crippen molar-refractivity contribution in [2.24, 2.45) is 0 Å². The number of benzene rings is 3. The minimum absolute atomic E-state index is 0.0225. The molecule has 2 aliphatic heterocycles. The number of aliphatic hydroxyl groups excluding tert-OH is 1. The van der Waals surface area contributed by atoms with E-state index < -0.39 is 17.7 Å². The van der Waals surface area contributed by atoms with E-state index >= 15 is 0 Å². The van der Waals surface area contributed by atoms with Crippen molar-refractivity contribution in [2.75, 3.05) is 46.5 Å². The Morgan fingerprint density at radius 3 is 2.40 bits per heavy atom. The van der Waals surface area contributed by atoms with Gasteiger partial charge in [-0.25, -0.2) is 0 Å². The maximum Gasteiger partial charge on any atom is 0.295 e. The monoisotopic (exact) mass is 562 g/mol. The van der Waals surface area contributed by atoms with E-state index in [2.05, 4.69) is 4.90 Å². The standard InChI is InChI=1S/C31H31ClN2O6/c1-38-26-19-23(9-12-25(26)40-20-21-5-3-2-4-6-21)28-27(29(35)22-7-10-24(32)11-8-22)30(36)31(37)34(28)14-13-33-15-17-39-18-16-33/h2-12,19,28,35H,13-18,20H2,1H3. The number of rotatable bonds is 9. The summed E-state index contributed by atoms with van der Waals surface area (Å²) >= 11 is 6.04.